The summed E-state index contributed by atoms with van der Waals surface area (Å²) in [5.74, 6) is 0.193. The van der Waals surface area contributed by atoms with E-state index in [0.717, 1.165) is 5.56 Å². The van der Waals surface area contributed by atoms with E-state index in [0.29, 0.717) is 16.9 Å². The maximum Gasteiger partial charge on any atom is 0.207 e. The Labute approximate surface area is 85.3 Å². The van der Waals surface area contributed by atoms with Gasteiger partial charge in [0.25, 0.3) is 0 Å². The Morgan fingerprint density at radius 2 is 2.07 bits per heavy atom. The van der Waals surface area contributed by atoms with Crippen molar-refractivity contribution in [3.05, 3.63) is 41.2 Å². The summed E-state index contributed by atoms with van der Waals surface area (Å²) in [7, 11) is 0. The molecule has 0 aliphatic rings. The predicted molar refractivity (Wildman–Crippen MR) is 52.3 cm³/mol. The van der Waals surface area contributed by atoms with Crippen molar-refractivity contribution in [3.63, 3.8) is 0 Å². The molecule has 0 atom stereocenters. The Bertz CT molecular complexity index is 465. The van der Waals surface area contributed by atoms with Crippen LogP contribution in [0.2, 0.25) is 5.02 Å². The normalized spacial score (nSPS) is 10.1. The molecule has 2 rings (SSSR count). The maximum atomic E-state index is 10.6. The monoisotopic (exact) mass is 207 g/mol. The standard InChI is InChI=1S/C10H6ClNO2/c11-9-4-2-1-3-7(9)8-5-12-14-10(8)6-13/h1-6H. The molecule has 2 aromatic rings. The van der Waals surface area contributed by atoms with E-state index in [4.69, 9.17) is 16.1 Å². The van der Waals surface area contributed by atoms with Crippen LogP contribution in [0.3, 0.4) is 0 Å². The predicted octanol–water partition coefficient (Wildman–Crippen LogP) is 2.81. The number of benzene rings is 1. The number of hydrogen-bond donors (Lipinski definition) is 0. The third kappa shape index (κ3) is 1.42. The fourth-order valence-corrected chi connectivity index (χ4v) is 1.45. The highest BCUT2D eigenvalue weighted by Crippen LogP contribution is 2.29. The van der Waals surface area contributed by atoms with Gasteiger partial charge in [-0.1, -0.05) is 35.0 Å². The molecule has 0 fully saturated rings. The molecule has 0 aliphatic carbocycles. The Kier molecular flexibility index (Phi) is 2.33. The minimum Gasteiger partial charge on any atom is -0.353 e. The Balaban J connectivity index is 2.60. The lowest BCUT2D eigenvalue weighted by Gasteiger charge is -1.99. The first kappa shape index (κ1) is 8.97. The molecule has 70 valence electrons. The van der Waals surface area contributed by atoms with Gasteiger partial charge in [-0.15, -0.1) is 0 Å². The molecule has 0 bridgehead atoms. The van der Waals surface area contributed by atoms with Gasteiger partial charge in [-0.3, -0.25) is 4.79 Å². The molecule has 1 aromatic carbocycles. The molecule has 0 radical (unpaired) electrons. The van der Waals surface area contributed by atoms with Crippen molar-refractivity contribution in [2.75, 3.05) is 0 Å². The van der Waals surface area contributed by atoms with Gasteiger partial charge < -0.3 is 4.52 Å². The first-order valence-electron chi connectivity index (χ1n) is 3.97. The highest BCUT2D eigenvalue weighted by atomic mass is 35.5. The molecular formula is C10H6ClNO2. The second-order valence-corrected chi connectivity index (χ2v) is 3.11. The molecule has 0 aliphatic heterocycles. The van der Waals surface area contributed by atoms with Crippen molar-refractivity contribution in [2.24, 2.45) is 0 Å². The van der Waals surface area contributed by atoms with Crippen LogP contribution in [0.4, 0.5) is 0 Å². The van der Waals surface area contributed by atoms with E-state index in [9.17, 15) is 4.79 Å². The highest BCUT2D eigenvalue weighted by molar-refractivity contribution is 6.33. The van der Waals surface area contributed by atoms with Gasteiger partial charge >= 0.3 is 0 Å². The molecule has 3 nitrogen and oxygen atoms in total. The van der Waals surface area contributed by atoms with Crippen LogP contribution in [0, 0.1) is 0 Å². The highest BCUT2D eigenvalue weighted by Gasteiger charge is 2.11. The first-order chi connectivity index (χ1) is 6.83. The second kappa shape index (κ2) is 3.64. The average Bonchev–Trinajstić information content (AvgIpc) is 2.66. The Morgan fingerprint density at radius 1 is 1.29 bits per heavy atom. The van der Waals surface area contributed by atoms with E-state index in [2.05, 4.69) is 5.16 Å². The van der Waals surface area contributed by atoms with E-state index in [-0.39, 0.29) is 5.76 Å². The Hall–Kier alpha value is -1.61. The average molecular weight is 208 g/mol. The van der Waals surface area contributed by atoms with Crippen LogP contribution in [-0.4, -0.2) is 11.4 Å². The molecule has 1 aromatic heterocycles. The van der Waals surface area contributed by atoms with Crippen molar-refractivity contribution in [2.45, 2.75) is 0 Å². The van der Waals surface area contributed by atoms with Crippen LogP contribution in [0.1, 0.15) is 10.6 Å². The molecule has 0 saturated carbocycles. The van der Waals surface area contributed by atoms with E-state index < -0.39 is 0 Å². The van der Waals surface area contributed by atoms with Crippen molar-refractivity contribution in [1.82, 2.24) is 5.16 Å². The fraction of sp³-hybridized carbons (Fsp3) is 0. The molecule has 4 heteroatoms. The van der Waals surface area contributed by atoms with Crippen LogP contribution >= 0.6 is 11.6 Å². The number of rotatable bonds is 2. The quantitative estimate of drug-likeness (QED) is 0.712. The molecule has 0 amide bonds. The van der Waals surface area contributed by atoms with Crippen LogP contribution in [-0.2, 0) is 0 Å². The summed E-state index contributed by atoms with van der Waals surface area (Å²) < 4.78 is 4.75. The topological polar surface area (TPSA) is 43.1 Å². The van der Waals surface area contributed by atoms with Crippen molar-refractivity contribution in [3.8, 4) is 11.1 Å². The second-order valence-electron chi connectivity index (χ2n) is 2.70. The van der Waals surface area contributed by atoms with Crippen LogP contribution in [0.25, 0.3) is 11.1 Å². The van der Waals surface area contributed by atoms with Crippen molar-refractivity contribution >= 4 is 17.9 Å². The van der Waals surface area contributed by atoms with Gasteiger partial charge in [0, 0.05) is 10.6 Å². The SMILES string of the molecule is O=Cc1oncc1-c1ccccc1Cl. The zero-order valence-corrected chi connectivity index (χ0v) is 7.86. The minimum absolute atomic E-state index is 0.193. The number of aldehydes is 1. The smallest absolute Gasteiger partial charge is 0.207 e. The fourth-order valence-electron chi connectivity index (χ4n) is 1.22. The van der Waals surface area contributed by atoms with E-state index >= 15 is 0 Å². The van der Waals surface area contributed by atoms with Gasteiger partial charge in [-0.25, -0.2) is 0 Å². The summed E-state index contributed by atoms with van der Waals surface area (Å²) in [6.07, 6.45) is 2.09. The lowest BCUT2D eigenvalue weighted by atomic mass is 10.1. The van der Waals surface area contributed by atoms with Gasteiger partial charge in [0.2, 0.25) is 5.76 Å². The molecule has 0 saturated heterocycles. The number of carbonyl (C=O) groups excluding carboxylic acids is 1. The number of hydrogen-bond acceptors (Lipinski definition) is 3. The van der Waals surface area contributed by atoms with Crippen LogP contribution in [0.15, 0.2) is 35.0 Å². The Morgan fingerprint density at radius 3 is 2.79 bits per heavy atom. The van der Waals surface area contributed by atoms with E-state index in [1.807, 2.05) is 18.2 Å². The zero-order chi connectivity index (χ0) is 9.97. The number of carbonyl (C=O) groups is 1. The summed E-state index contributed by atoms with van der Waals surface area (Å²) in [5.41, 5.74) is 1.36. The minimum atomic E-state index is 0.193. The zero-order valence-electron chi connectivity index (χ0n) is 7.11. The van der Waals surface area contributed by atoms with Gasteiger partial charge in [0.15, 0.2) is 6.29 Å². The number of nitrogens with zero attached hydrogens (tertiary/aromatic N) is 1. The summed E-state index contributed by atoms with van der Waals surface area (Å²) in [5, 5.41) is 4.11. The lowest BCUT2D eigenvalue weighted by Crippen LogP contribution is -1.82. The van der Waals surface area contributed by atoms with Crippen molar-refractivity contribution in [1.29, 1.82) is 0 Å². The van der Waals surface area contributed by atoms with Gasteiger partial charge in [-0.2, -0.15) is 0 Å². The van der Waals surface area contributed by atoms with Gasteiger partial charge in [0.1, 0.15) is 0 Å². The van der Waals surface area contributed by atoms with Crippen LogP contribution < -0.4 is 0 Å². The molecule has 1 heterocycles. The van der Waals surface area contributed by atoms with Gasteiger partial charge in [-0.05, 0) is 6.07 Å². The third-order valence-corrected chi connectivity index (χ3v) is 2.20. The lowest BCUT2D eigenvalue weighted by molar-refractivity contribution is 0.109. The molecule has 14 heavy (non-hydrogen) atoms. The summed E-state index contributed by atoms with van der Waals surface area (Å²) in [4.78, 5) is 10.6. The van der Waals surface area contributed by atoms with Crippen LogP contribution in [0.5, 0.6) is 0 Å². The summed E-state index contributed by atoms with van der Waals surface area (Å²) in [6.45, 7) is 0. The maximum absolute atomic E-state index is 10.6. The van der Waals surface area contributed by atoms with Gasteiger partial charge in [0.05, 0.1) is 11.8 Å². The summed E-state index contributed by atoms with van der Waals surface area (Å²) >= 11 is 5.96. The number of halogens is 1. The van der Waals surface area contributed by atoms with Crippen molar-refractivity contribution < 1.29 is 9.32 Å². The largest absolute Gasteiger partial charge is 0.353 e. The molecular weight excluding hydrogens is 202 g/mol. The molecule has 0 spiro atoms. The first-order valence-corrected chi connectivity index (χ1v) is 4.35. The summed E-state index contributed by atoms with van der Waals surface area (Å²) in [6, 6.07) is 7.21. The molecule has 0 N–H and O–H groups in total. The number of aromatic nitrogens is 1. The molecule has 0 unspecified atom stereocenters. The third-order valence-electron chi connectivity index (χ3n) is 1.87. The van der Waals surface area contributed by atoms with E-state index in [1.165, 1.54) is 6.20 Å². The van der Waals surface area contributed by atoms with E-state index in [1.54, 1.807) is 6.07 Å².